The van der Waals surface area contributed by atoms with E-state index < -0.39 is 29.1 Å². The van der Waals surface area contributed by atoms with Crippen LogP contribution in [0.25, 0.3) is 11.0 Å². The quantitative estimate of drug-likeness (QED) is 0.529. The molecule has 12 heteroatoms. The molecule has 3 aromatic rings. The number of pyridine rings is 1. The molecule has 0 bridgehead atoms. The van der Waals surface area contributed by atoms with E-state index >= 15 is 0 Å². The monoisotopic (exact) mass is 447 g/mol. The molecule has 1 unspecified atom stereocenters. The third-order valence-corrected chi connectivity index (χ3v) is 5.25. The number of alkyl halides is 4. The molecule has 0 fully saturated rings. The summed E-state index contributed by atoms with van der Waals surface area (Å²) >= 11 is 0. The van der Waals surface area contributed by atoms with E-state index in [2.05, 4.69) is 19.7 Å². The highest BCUT2D eigenvalue weighted by Gasteiger charge is 2.44. The molecule has 1 atom stereocenters. The molecule has 0 saturated carbocycles. The number of halogens is 4. The molecule has 1 aromatic carbocycles. The topological polar surface area (TPSA) is 86.3 Å². The van der Waals surface area contributed by atoms with E-state index in [-0.39, 0.29) is 27.7 Å². The third-order valence-electron chi connectivity index (χ3n) is 4.07. The molecule has 0 aliphatic heterocycles. The van der Waals surface area contributed by atoms with Gasteiger partial charge >= 0.3 is 12.5 Å². The van der Waals surface area contributed by atoms with Gasteiger partial charge in [-0.15, -0.1) is 0 Å². The average Bonchev–Trinajstić information content (AvgIpc) is 3.11. The van der Waals surface area contributed by atoms with Crippen LogP contribution < -0.4 is 14.2 Å². The van der Waals surface area contributed by atoms with Crippen LogP contribution in [0.2, 0.25) is 0 Å². The Hall–Kier alpha value is -2.89. The number of ether oxygens (including phenoxy) is 3. The molecule has 0 amide bonds. The van der Waals surface area contributed by atoms with Gasteiger partial charge in [-0.05, 0) is 6.92 Å². The second-order valence-corrected chi connectivity index (χ2v) is 7.53. The van der Waals surface area contributed by atoms with Crippen molar-refractivity contribution in [3.8, 4) is 17.2 Å². The maximum Gasteiger partial charge on any atom is 0.461 e. The summed E-state index contributed by atoms with van der Waals surface area (Å²) in [4.78, 5) is 11.1. The molecule has 162 valence electrons. The average molecular weight is 447 g/mol. The van der Waals surface area contributed by atoms with Crippen molar-refractivity contribution in [1.82, 2.24) is 15.0 Å². The minimum Gasteiger partial charge on any atom is -0.496 e. The van der Waals surface area contributed by atoms with Gasteiger partial charge in [0, 0.05) is 30.0 Å². The molecule has 2 heterocycles. The van der Waals surface area contributed by atoms with Crippen molar-refractivity contribution in [2.24, 2.45) is 0 Å². The van der Waals surface area contributed by atoms with Crippen LogP contribution in [0.3, 0.4) is 0 Å². The van der Waals surface area contributed by atoms with E-state index in [1.165, 1.54) is 13.2 Å². The van der Waals surface area contributed by atoms with Gasteiger partial charge in [-0.25, -0.2) is 4.98 Å². The van der Waals surface area contributed by atoms with Crippen LogP contribution in [0.5, 0.6) is 17.2 Å². The van der Waals surface area contributed by atoms with E-state index in [4.69, 9.17) is 9.47 Å². The Morgan fingerprint density at radius 2 is 1.83 bits per heavy atom. The zero-order valence-electron chi connectivity index (χ0n) is 16.0. The number of H-pyrrole nitrogens is 1. The standard InChI is InChI=1S/C18H17F4N3O4S/c1-9-7-23-10(4-13(9)27-2)8-30(26)17-24-11-5-14(28-3)15(6-12(11)25-17)29-18(21,22)16(19)20/h4-7,16H,8H2,1-3H3,(H,24,25). The van der Waals surface area contributed by atoms with Gasteiger partial charge in [-0.1, -0.05) is 0 Å². The van der Waals surface area contributed by atoms with Crippen LogP contribution in [-0.4, -0.2) is 45.9 Å². The Kier molecular flexibility index (Phi) is 6.15. The molecule has 0 spiro atoms. The Balaban J connectivity index is 1.90. The lowest BCUT2D eigenvalue weighted by Crippen LogP contribution is -2.33. The van der Waals surface area contributed by atoms with Crippen molar-refractivity contribution in [3.63, 3.8) is 0 Å². The molecular formula is C18H17F4N3O4S. The molecule has 30 heavy (non-hydrogen) atoms. The molecule has 0 saturated heterocycles. The summed E-state index contributed by atoms with van der Waals surface area (Å²) in [6, 6.07) is 3.90. The predicted octanol–water partition coefficient (Wildman–Crippen LogP) is 3.83. The number of aromatic nitrogens is 3. The zero-order chi connectivity index (χ0) is 22.1. The zero-order valence-corrected chi connectivity index (χ0v) is 16.9. The number of imidazole rings is 1. The normalized spacial score (nSPS) is 12.9. The highest BCUT2D eigenvalue weighted by atomic mass is 32.2. The van der Waals surface area contributed by atoms with Crippen molar-refractivity contribution in [2.75, 3.05) is 14.2 Å². The molecule has 0 radical (unpaired) electrons. The Morgan fingerprint density at radius 3 is 2.47 bits per heavy atom. The summed E-state index contributed by atoms with van der Waals surface area (Å²) in [5, 5.41) is 0.0474. The van der Waals surface area contributed by atoms with Crippen LogP contribution in [0.1, 0.15) is 11.3 Å². The summed E-state index contributed by atoms with van der Waals surface area (Å²) in [5.41, 5.74) is 1.71. The number of fused-ring (bicyclic) bond motifs is 1. The van der Waals surface area contributed by atoms with E-state index in [0.29, 0.717) is 11.4 Å². The number of benzene rings is 1. The number of nitrogens with one attached hydrogen (secondary N) is 1. The Labute approximate surface area is 170 Å². The van der Waals surface area contributed by atoms with E-state index in [1.54, 1.807) is 12.3 Å². The van der Waals surface area contributed by atoms with E-state index in [0.717, 1.165) is 18.7 Å². The molecule has 2 aromatic heterocycles. The molecular weight excluding hydrogens is 430 g/mol. The molecule has 7 nitrogen and oxygen atoms in total. The number of hydrogen-bond donors (Lipinski definition) is 1. The van der Waals surface area contributed by atoms with Crippen LogP contribution in [0.15, 0.2) is 29.6 Å². The summed E-state index contributed by atoms with van der Waals surface area (Å²) in [5.74, 6) is -0.230. The minimum absolute atomic E-state index is 0.0143. The smallest absolute Gasteiger partial charge is 0.461 e. The SMILES string of the molecule is COc1cc(CS(=O)c2nc3cc(OC)c(OC(F)(F)C(F)F)cc3[nH]2)ncc1C. The fourth-order valence-corrected chi connectivity index (χ4v) is 3.57. The van der Waals surface area contributed by atoms with Crippen molar-refractivity contribution < 1.29 is 36.0 Å². The highest BCUT2D eigenvalue weighted by Crippen LogP contribution is 2.37. The second kappa shape index (κ2) is 8.46. The number of rotatable bonds is 8. The van der Waals surface area contributed by atoms with Crippen molar-refractivity contribution in [3.05, 3.63) is 35.7 Å². The highest BCUT2D eigenvalue weighted by molar-refractivity contribution is 7.84. The maximum absolute atomic E-state index is 13.3. The van der Waals surface area contributed by atoms with Crippen molar-refractivity contribution >= 4 is 21.8 Å². The lowest BCUT2D eigenvalue weighted by Gasteiger charge is -2.18. The third kappa shape index (κ3) is 4.48. The van der Waals surface area contributed by atoms with Gasteiger partial charge in [0.15, 0.2) is 16.7 Å². The van der Waals surface area contributed by atoms with Gasteiger partial charge in [0.05, 0.1) is 47.5 Å². The molecule has 0 aliphatic rings. The van der Waals surface area contributed by atoms with E-state index in [9.17, 15) is 21.8 Å². The summed E-state index contributed by atoms with van der Waals surface area (Å²) in [6.07, 6.45) is -7.15. The fourth-order valence-electron chi connectivity index (χ4n) is 2.58. The predicted molar refractivity (Wildman–Crippen MR) is 99.9 cm³/mol. The summed E-state index contributed by atoms with van der Waals surface area (Å²) in [6.45, 7) is 1.82. The van der Waals surface area contributed by atoms with Crippen LogP contribution in [0.4, 0.5) is 17.6 Å². The number of aromatic amines is 1. The molecule has 3 rings (SSSR count). The lowest BCUT2D eigenvalue weighted by atomic mass is 10.2. The second-order valence-electron chi connectivity index (χ2n) is 6.16. The largest absolute Gasteiger partial charge is 0.496 e. The van der Waals surface area contributed by atoms with E-state index in [1.807, 2.05) is 6.92 Å². The van der Waals surface area contributed by atoms with Crippen molar-refractivity contribution in [2.45, 2.75) is 30.4 Å². The van der Waals surface area contributed by atoms with Gasteiger partial charge in [-0.2, -0.15) is 17.6 Å². The maximum atomic E-state index is 13.3. The van der Waals surface area contributed by atoms with Crippen LogP contribution in [-0.2, 0) is 16.6 Å². The van der Waals surface area contributed by atoms with Crippen molar-refractivity contribution in [1.29, 1.82) is 0 Å². The minimum atomic E-state index is -4.71. The number of hydrogen-bond acceptors (Lipinski definition) is 6. The lowest BCUT2D eigenvalue weighted by molar-refractivity contribution is -0.253. The Bertz CT molecular complexity index is 1090. The van der Waals surface area contributed by atoms with Crippen LogP contribution >= 0.6 is 0 Å². The molecule has 0 aliphatic carbocycles. The summed E-state index contributed by atoms with van der Waals surface area (Å²) in [7, 11) is 1.01. The first-order valence-corrected chi connectivity index (χ1v) is 9.77. The summed E-state index contributed by atoms with van der Waals surface area (Å²) < 4.78 is 78.5. The first-order chi connectivity index (χ1) is 14.1. The van der Waals surface area contributed by atoms with Gasteiger partial charge in [0.1, 0.15) is 5.75 Å². The number of nitrogens with zero attached hydrogens (tertiary/aromatic N) is 2. The van der Waals surface area contributed by atoms with Gasteiger partial charge in [0.25, 0.3) is 0 Å². The van der Waals surface area contributed by atoms with Gasteiger partial charge < -0.3 is 19.2 Å². The van der Waals surface area contributed by atoms with Crippen LogP contribution in [0, 0.1) is 6.92 Å². The molecule has 1 N–H and O–H groups in total. The number of methoxy groups -OCH3 is 2. The fraction of sp³-hybridized carbons (Fsp3) is 0.333. The first-order valence-electron chi connectivity index (χ1n) is 8.45. The van der Waals surface area contributed by atoms with Gasteiger partial charge in [0.2, 0.25) is 0 Å². The first kappa shape index (κ1) is 21.8. The van der Waals surface area contributed by atoms with Gasteiger partial charge in [-0.3, -0.25) is 9.19 Å². The number of aryl methyl sites for hydroxylation is 1. The Morgan fingerprint density at radius 1 is 1.13 bits per heavy atom.